The third-order valence-electron chi connectivity index (χ3n) is 5.00. The molecule has 0 bridgehead atoms. The second-order valence-electron chi connectivity index (χ2n) is 6.68. The molecule has 1 saturated carbocycles. The Balaban J connectivity index is 1.80. The molecule has 1 aliphatic heterocycles. The predicted molar refractivity (Wildman–Crippen MR) is 93.5 cm³/mol. The number of nitrogens with one attached hydrogen (secondary N) is 1. The van der Waals surface area contributed by atoms with Crippen molar-refractivity contribution < 1.29 is 13.2 Å². The van der Waals surface area contributed by atoms with Crippen molar-refractivity contribution in [2.75, 3.05) is 25.5 Å². The van der Waals surface area contributed by atoms with Gasteiger partial charge in [-0.15, -0.1) is 0 Å². The quantitative estimate of drug-likeness (QED) is 0.881. The van der Waals surface area contributed by atoms with Crippen LogP contribution >= 0.6 is 0 Å². The Morgan fingerprint density at radius 3 is 2.75 bits per heavy atom. The smallest absolute Gasteiger partial charge is 0.246 e. The molecule has 0 radical (unpaired) electrons. The fourth-order valence-corrected chi connectivity index (χ4v) is 5.26. The van der Waals surface area contributed by atoms with Crippen LogP contribution in [0.5, 0.6) is 0 Å². The van der Waals surface area contributed by atoms with E-state index in [1.807, 2.05) is 0 Å². The summed E-state index contributed by atoms with van der Waals surface area (Å²) >= 11 is 0. The maximum Gasteiger partial charge on any atom is 0.246 e. The average molecular weight is 353 g/mol. The van der Waals surface area contributed by atoms with E-state index in [4.69, 9.17) is 4.74 Å². The van der Waals surface area contributed by atoms with Gasteiger partial charge in [0.25, 0.3) is 0 Å². The van der Waals surface area contributed by atoms with Gasteiger partial charge in [0.15, 0.2) is 0 Å². The molecular weight excluding hydrogens is 326 g/mol. The zero-order valence-corrected chi connectivity index (χ0v) is 15.1. The lowest BCUT2D eigenvalue weighted by Gasteiger charge is -2.30. The van der Waals surface area contributed by atoms with Crippen molar-refractivity contribution >= 4 is 15.8 Å². The molecule has 0 aromatic carbocycles. The predicted octanol–water partition coefficient (Wildman–Crippen LogP) is 2.63. The topological polar surface area (TPSA) is 71.5 Å². The highest BCUT2D eigenvalue weighted by molar-refractivity contribution is 7.89. The highest BCUT2D eigenvalue weighted by atomic mass is 32.2. The van der Waals surface area contributed by atoms with E-state index < -0.39 is 10.0 Å². The SMILES string of the molecule is COC1CCCC(Nc2ncccc2S(=O)(=O)N2CCCCC2)C1. The van der Waals surface area contributed by atoms with Gasteiger partial charge in [0.1, 0.15) is 10.7 Å². The number of aromatic nitrogens is 1. The first-order chi connectivity index (χ1) is 11.6. The van der Waals surface area contributed by atoms with E-state index in [-0.39, 0.29) is 12.1 Å². The van der Waals surface area contributed by atoms with Crippen LogP contribution in [0.2, 0.25) is 0 Å². The molecule has 1 N–H and O–H groups in total. The number of rotatable bonds is 5. The fourth-order valence-electron chi connectivity index (χ4n) is 3.63. The summed E-state index contributed by atoms with van der Waals surface area (Å²) in [6.07, 6.45) is 8.89. The lowest BCUT2D eigenvalue weighted by molar-refractivity contribution is 0.0668. The zero-order chi connectivity index (χ0) is 17.0. The van der Waals surface area contributed by atoms with Gasteiger partial charge >= 0.3 is 0 Å². The lowest BCUT2D eigenvalue weighted by atomic mass is 9.93. The molecule has 1 saturated heterocycles. The summed E-state index contributed by atoms with van der Waals surface area (Å²) in [5, 5.41) is 3.36. The number of hydrogen-bond acceptors (Lipinski definition) is 5. The van der Waals surface area contributed by atoms with Crippen LogP contribution in [-0.2, 0) is 14.8 Å². The molecule has 2 atom stereocenters. The van der Waals surface area contributed by atoms with Crippen molar-refractivity contribution in [3.05, 3.63) is 18.3 Å². The summed E-state index contributed by atoms with van der Waals surface area (Å²) < 4.78 is 33.0. The monoisotopic (exact) mass is 353 g/mol. The first-order valence-electron chi connectivity index (χ1n) is 8.86. The molecule has 6 nitrogen and oxygen atoms in total. The van der Waals surface area contributed by atoms with Gasteiger partial charge < -0.3 is 10.1 Å². The Labute approximate surface area is 144 Å². The maximum absolute atomic E-state index is 13.0. The minimum absolute atomic E-state index is 0.203. The normalized spacial score (nSPS) is 26.2. The number of methoxy groups -OCH3 is 1. The number of ether oxygens (including phenoxy) is 1. The van der Waals surface area contributed by atoms with Crippen molar-refractivity contribution in [1.29, 1.82) is 0 Å². The number of anilines is 1. The van der Waals surface area contributed by atoms with Crippen molar-refractivity contribution in [3.63, 3.8) is 0 Å². The van der Waals surface area contributed by atoms with Crippen LogP contribution in [0.4, 0.5) is 5.82 Å². The summed E-state index contributed by atoms with van der Waals surface area (Å²) in [6, 6.07) is 3.56. The fraction of sp³-hybridized carbons (Fsp3) is 0.706. The zero-order valence-electron chi connectivity index (χ0n) is 14.3. The highest BCUT2D eigenvalue weighted by Crippen LogP contribution is 2.28. The molecule has 1 aliphatic carbocycles. The molecular formula is C17H27N3O3S. The third-order valence-corrected chi connectivity index (χ3v) is 6.93. The molecule has 0 spiro atoms. The van der Waals surface area contributed by atoms with Gasteiger partial charge in [0, 0.05) is 32.4 Å². The molecule has 2 fully saturated rings. The van der Waals surface area contributed by atoms with Gasteiger partial charge in [0.2, 0.25) is 10.0 Å². The van der Waals surface area contributed by atoms with E-state index in [0.29, 0.717) is 23.8 Å². The van der Waals surface area contributed by atoms with Gasteiger partial charge in [-0.05, 0) is 50.7 Å². The molecule has 2 heterocycles. The van der Waals surface area contributed by atoms with Crippen LogP contribution in [-0.4, -0.2) is 50.1 Å². The Hall–Kier alpha value is -1.18. The van der Waals surface area contributed by atoms with E-state index in [1.54, 1.807) is 29.7 Å². The Morgan fingerprint density at radius 2 is 2.00 bits per heavy atom. The van der Waals surface area contributed by atoms with E-state index in [9.17, 15) is 8.42 Å². The third kappa shape index (κ3) is 3.90. The molecule has 134 valence electrons. The maximum atomic E-state index is 13.0. The molecule has 7 heteroatoms. The molecule has 2 unspecified atom stereocenters. The minimum atomic E-state index is -3.49. The molecule has 24 heavy (non-hydrogen) atoms. The minimum Gasteiger partial charge on any atom is -0.381 e. The van der Waals surface area contributed by atoms with Crippen LogP contribution in [0, 0.1) is 0 Å². The lowest BCUT2D eigenvalue weighted by Crippen LogP contribution is -2.37. The van der Waals surface area contributed by atoms with Gasteiger partial charge in [-0.2, -0.15) is 4.31 Å². The summed E-state index contributed by atoms with van der Waals surface area (Å²) in [6.45, 7) is 1.21. The van der Waals surface area contributed by atoms with Crippen molar-refractivity contribution in [2.45, 2.75) is 62.0 Å². The van der Waals surface area contributed by atoms with Gasteiger partial charge in [-0.1, -0.05) is 6.42 Å². The second kappa shape index (κ2) is 7.80. The van der Waals surface area contributed by atoms with Crippen LogP contribution in [0.1, 0.15) is 44.9 Å². The van der Waals surface area contributed by atoms with E-state index in [1.165, 1.54) is 0 Å². The molecule has 0 amide bonds. The van der Waals surface area contributed by atoms with Crippen LogP contribution in [0.15, 0.2) is 23.2 Å². The Kier molecular flexibility index (Phi) is 5.73. The average Bonchev–Trinajstić information content (AvgIpc) is 2.63. The number of nitrogens with zero attached hydrogens (tertiary/aromatic N) is 2. The van der Waals surface area contributed by atoms with Crippen molar-refractivity contribution in [3.8, 4) is 0 Å². The summed E-state index contributed by atoms with van der Waals surface area (Å²) in [5.41, 5.74) is 0. The van der Waals surface area contributed by atoms with Crippen LogP contribution in [0.25, 0.3) is 0 Å². The number of hydrogen-bond donors (Lipinski definition) is 1. The molecule has 3 rings (SSSR count). The largest absolute Gasteiger partial charge is 0.381 e. The van der Waals surface area contributed by atoms with Gasteiger partial charge in [-0.25, -0.2) is 13.4 Å². The van der Waals surface area contributed by atoms with E-state index >= 15 is 0 Å². The van der Waals surface area contributed by atoms with Gasteiger partial charge in [-0.3, -0.25) is 0 Å². The summed E-state index contributed by atoms with van der Waals surface area (Å²) in [7, 11) is -1.75. The number of pyridine rings is 1. The van der Waals surface area contributed by atoms with E-state index in [0.717, 1.165) is 44.9 Å². The van der Waals surface area contributed by atoms with Gasteiger partial charge in [0.05, 0.1) is 6.10 Å². The molecule has 1 aromatic heterocycles. The van der Waals surface area contributed by atoms with Crippen molar-refractivity contribution in [2.24, 2.45) is 0 Å². The second-order valence-corrected chi connectivity index (χ2v) is 8.59. The van der Waals surface area contributed by atoms with Crippen molar-refractivity contribution in [1.82, 2.24) is 9.29 Å². The summed E-state index contributed by atoms with van der Waals surface area (Å²) in [5.74, 6) is 0.477. The number of piperidine rings is 1. The highest BCUT2D eigenvalue weighted by Gasteiger charge is 2.30. The van der Waals surface area contributed by atoms with E-state index in [2.05, 4.69) is 10.3 Å². The molecule has 1 aromatic rings. The first-order valence-corrected chi connectivity index (χ1v) is 10.3. The van der Waals surface area contributed by atoms with Crippen LogP contribution in [0.3, 0.4) is 0 Å². The Morgan fingerprint density at radius 1 is 1.21 bits per heavy atom. The number of sulfonamides is 1. The standard InChI is InChI=1S/C17H27N3O3S/c1-23-15-8-5-7-14(13-15)19-17-16(9-6-10-18-17)24(21,22)20-11-3-2-4-12-20/h6,9-10,14-15H,2-5,7-8,11-13H2,1H3,(H,18,19). The molecule has 2 aliphatic rings. The first kappa shape index (κ1) is 17.6. The summed E-state index contributed by atoms with van der Waals surface area (Å²) in [4.78, 5) is 4.62. The van der Waals surface area contributed by atoms with Crippen LogP contribution < -0.4 is 5.32 Å². The Bertz CT molecular complexity index is 644.